The fourth-order valence-electron chi connectivity index (χ4n) is 4.88. The van der Waals surface area contributed by atoms with Crippen molar-refractivity contribution < 1.29 is 23.8 Å². The molecule has 0 bridgehead atoms. The Kier molecular flexibility index (Phi) is 10.4. The first-order chi connectivity index (χ1) is 19.0. The van der Waals surface area contributed by atoms with Gasteiger partial charge in [0.1, 0.15) is 0 Å². The van der Waals surface area contributed by atoms with Gasteiger partial charge in [-0.15, -0.1) is 11.3 Å². The summed E-state index contributed by atoms with van der Waals surface area (Å²) in [4.78, 5) is 32.0. The van der Waals surface area contributed by atoms with E-state index < -0.39 is 0 Å². The number of hydrogen-bond donors (Lipinski definition) is 0. The standard InChI is InChI=1S/C31H38N2O5S/c1-36-17-8-15-33(31(35)27-20-26(27)24-9-5-4-6-10-24)22-30(34)32(21-25-11-7-18-39-25)16-14-23-12-13-28(37-2)29(19-23)38-3/h4-7,9-13,18-19,26-27H,8,14-17,20-22H2,1-3H3. The second kappa shape index (κ2) is 14.1. The van der Waals surface area contributed by atoms with Gasteiger partial charge in [-0.05, 0) is 59.9 Å². The molecule has 1 aliphatic rings. The molecular formula is C31H38N2O5S. The molecule has 39 heavy (non-hydrogen) atoms. The summed E-state index contributed by atoms with van der Waals surface area (Å²) in [5.74, 6) is 1.51. The number of benzene rings is 2. The van der Waals surface area contributed by atoms with Crippen LogP contribution in [0.15, 0.2) is 66.0 Å². The Morgan fingerprint density at radius 2 is 1.72 bits per heavy atom. The van der Waals surface area contributed by atoms with Crippen LogP contribution in [-0.2, 0) is 27.3 Å². The third kappa shape index (κ3) is 7.83. The molecule has 2 aromatic carbocycles. The molecule has 0 aliphatic heterocycles. The third-order valence-electron chi connectivity index (χ3n) is 7.15. The van der Waals surface area contributed by atoms with Gasteiger partial charge >= 0.3 is 0 Å². The minimum atomic E-state index is -0.0692. The van der Waals surface area contributed by atoms with E-state index in [-0.39, 0.29) is 30.2 Å². The van der Waals surface area contributed by atoms with Crippen molar-refractivity contribution in [1.29, 1.82) is 0 Å². The molecule has 1 saturated carbocycles. The summed E-state index contributed by atoms with van der Waals surface area (Å²) in [6, 6.07) is 20.0. The van der Waals surface area contributed by atoms with E-state index in [1.165, 1.54) is 5.56 Å². The summed E-state index contributed by atoms with van der Waals surface area (Å²) in [6.45, 7) is 2.15. The average Bonchev–Trinajstić information content (AvgIpc) is 3.61. The fraction of sp³-hybridized carbons (Fsp3) is 0.419. The number of carbonyl (C=O) groups excluding carboxylic acids is 2. The lowest BCUT2D eigenvalue weighted by Crippen LogP contribution is -2.44. The molecule has 0 N–H and O–H groups in total. The van der Waals surface area contributed by atoms with Crippen LogP contribution in [0, 0.1) is 5.92 Å². The zero-order chi connectivity index (χ0) is 27.6. The Bertz CT molecular complexity index is 1200. The average molecular weight is 551 g/mol. The maximum absolute atomic E-state index is 13.7. The highest BCUT2D eigenvalue weighted by molar-refractivity contribution is 7.09. The third-order valence-corrected chi connectivity index (χ3v) is 8.01. The molecule has 1 fully saturated rings. The van der Waals surface area contributed by atoms with E-state index >= 15 is 0 Å². The van der Waals surface area contributed by atoms with Crippen LogP contribution in [0.3, 0.4) is 0 Å². The Labute approximate surface area is 235 Å². The van der Waals surface area contributed by atoms with E-state index in [0.717, 1.165) is 16.9 Å². The summed E-state index contributed by atoms with van der Waals surface area (Å²) >= 11 is 1.63. The van der Waals surface area contributed by atoms with Crippen LogP contribution >= 0.6 is 11.3 Å². The highest BCUT2D eigenvalue weighted by Crippen LogP contribution is 2.48. The molecule has 1 heterocycles. The topological polar surface area (TPSA) is 68.3 Å². The normalized spacial score (nSPS) is 16.0. The van der Waals surface area contributed by atoms with E-state index in [9.17, 15) is 9.59 Å². The summed E-state index contributed by atoms with van der Waals surface area (Å²) in [6.07, 6.45) is 2.18. The van der Waals surface area contributed by atoms with Gasteiger partial charge in [-0.3, -0.25) is 9.59 Å². The second-order valence-electron chi connectivity index (χ2n) is 9.80. The molecule has 0 saturated heterocycles. The number of rotatable bonds is 15. The molecule has 2 amide bonds. The van der Waals surface area contributed by atoms with Crippen LogP contribution in [0.25, 0.3) is 0 Å². The molecule has 3 aromatic rings. The predicted octanol–water partition coefficient (Wildman–Crippen LogP) is 5.01. The summed E-state index contributed by atoms with van der Waals surface area (Å²) in [5, 5.41) is 2.02. The lowest BCUT2D eigenvalue weighted by atomic mass is 10.1. The minimum absolute atomic E-state index is 0.0495. The van der Waals surface area contributed by atoms with Crippen molar-refractivity contribution in [3.8, 4) is 11.5 Å². The van der Waals surface area contributed by atoms with Gasteiger partial charge in [0.15, 0.2) is 11.5 Å². The van der Waals surface area contributed by atoms with Gasteiger partial charge in [0.25, 0.3) is 0 Å². The molecule has 0 spiro atoms. The van der Waals surface area contributed by atoms with E-state index in [1.807, 2.05) is 58.8 Å². The van der Waals surface area contributed by atoms with Gasteiger partial charge in [-0.2, -0.15) is 0 Å². The van der Waals surface area contributed by atoms with E-state index in [0.29, 0.717) is 50.6 Å². The molecule has 7 nitrogen and oxygen atoms in total. The zero-order valence-corrected chi connectivity index (χ0v) is 23.8. The zero-order valence-electron chi connectivity index (χ0n) is 23.0. The van der Waals surface area contributed by atoms with Gasteiger partial charge in [-0.1, -0.05) is 42.5 Å². The first-order valence-electron chi connectivity index (χ1n) is 13.4. The van der Waals surface area contributed by atoms with Gasteiger partial charge in [0, 0.05) is 37.6 Å². The molecule has 1 aliphatic carbocycles. The summed E-state index contributed by atoms with van der Waals surface area (Å²) in [5.41, 5.74) is 2.24. The number of thiophene rings is 1. The van der Waals surface area contributed by atoms with Crippen LogP contribution in [0.2, 0.25) is 0 Å². The van der Waals surface area contributed by atoms with Gasteiger partial charge in [0.05, 0.1) is 27.3 Å². The lowest BCUT2D eigenvalue weighted by molar-refractivity contribution is -0.141. The maximum Gasteiger partial charge on any atom is 0.242 e. The molecule has 0 radical (unpaired) electrons. The Morgan fingerprint density at radius 1 is 0.923 bits per heavy atom. The largest absolute Gasteiger partial charge is 0.493 e. The number of methoxy groups -OCH3 is 3. The van der Waals surface area contributed by atoms with Gasteiger partial charge in [0.2, 0.25) is 11.8 Å². The highest BCUT2D eigenvalue weighted by Gasteiger charge is 2.46. The van der Waals surface area contributed by atoms with Crippen LogP contribution in [-0.4, -0.2) is 69.2 Å². The minimum Gasteiger partial charge on any atom is -0.493 e. The predicted molar refractivity (Wildman–Crippen MR) is 153 cm³/mol. The van der Waals surface area contributed by atoms with Crippen LogP contribution in [0.5, 0.6) is 11.5 Å². The van der Waals surface area contributed by atoms with Crippen molar-refractivity contribution in [3.05, 3.63) is 82.0 Å². The first-order valence-corrected chi connectivity index (χ1v) is 14.3. The van der Waals surface area contributed by atoms with E-state index in [2.05, 4.69) is 12.1 Å². The van der Waals surface area contributed by atoms with E-state index in [1.54, 1.807) is 37.6 Å². The maximum atomic E-state index is 13.7. The Hall–Kier alpha value is -3.36. The van der Waals surface area contributed by atoms with Crippen molar-refractivity contribution in [2.24, 2.45) is 5.92 Å². The van der Waals surface area contributed by atoms with Crippen LogP contribution < -0.4 is 9.47 Å². The summed E-state index contributed by atoms with van der Waals surface area (Å²) < 4.78 is 16.0. The molecule has 208 valence electrons. The monoisotopic (exact) mass is 550 g/mol. The number of ether oxygens (including phenoxy) is 3. The van der Waals surface area contributed by atoms with Crippen molar-refractivity contribution >= 4 is 23.2 Å². The van der Waals surface area contributed by atoms with E-state index in [4.69, 9.17) is 14.2 Å². The fourth-order valence-corrected chi connectivity index (χ4v) is 5.60. The smallest absolute Gasteiger partial charge is 0.242 e. The number of amides is 2. The highest BCUT2D eigenvalue weighted by atomic mass is 32.1. The SMILES string of the molecule is COCCCN(CC(=O)N(CCc1ccc(OC)c(OC)c1)Cc1cccs1)C(=O)C1CC1c1ccccc1. The molecule has 4 rings (SSSR count). The van der Waals surface area contributed by atoms with Crippen LogP contribution in [0.4, 0.5) is 0 Å². The molecular weight excluding hydrogens is 512 g/mol. The molecule has 1 aromatic heterocycles. The van der Waals surface area contributed by atoms with Crippen molar-refractivity contribution in [3.63, 3.8) is 0 Å². The second-order valence-corrected chi connectivity index (χ2v) is 10.8. The van der Waals surface area contributed by atoms with Crippen molar-refractivity contribution in [2.75, 3.05) is 47.6 Å². The Morgan fingerprint density at radius 3 is 2.41 bits per heavy atom. The first kappa shape index (κ1) is 28.6. The van der Waals surface area contributed by atoms with Gasteiger partial charge < -0.3 is 24.0 Å². The van der Waals surface area contributed by atoms with Crippen molar-refractivity contribution in [1.82, 2.24) is 9.80 Å². The quantitative estimate of drug-likeness (QED) is 0.249. The number of hydrogen-bond acceptors (Lipinski definition) is 6. The van der Waals surface area contributed by atoms with Crippen LogP contribution in [0.1, 0.15) is 34.8 Å². The summed E-state index contributed by atoms with van der Waals surface area (Å²) in [7, 11) is 4.88. The number of nitrogens with zero attached hydrogens (tertiary/aromatic N) is 2. The van der Waals surface area contributed by atoms with Gasteiger partial charge in [-0.25, -0.2) is 0 Å². The lowest BCUT2D eigenvalue weighted by Gasteiger charge is -2.28. The molecule has 8 heteroatoms. The molecule has 2 atom stereocenters. The van der Waals surface area contributed by atoms with Crippen molar-refractivity contribution in [2.45, 2.75) is 31.7 Å². The number of carbonyl (C=O) groups is 2. The Balaban J connectivity index is 1.45. The molecule has 2 unspecified atom stereocenters.